The first-order chi connectivity index (χ1) is 8.13. The summed E-state index contributed by atoms with van der Waals surface area (Å²) in [5.41, 5.74) is 0.189. The summed E-state index contributed by atoms with van der Waals surface area (Å²) in [5, 5.41) is 9.12. The maximum absolute atomic E-state index is 12.1. The van der Waals surface area contributed by atoms with E-state index >= 15 is 0 Å². The molecule has 1 amide bonds. The number of carbonyl (C=O) groups is 1. The molecule has 1 aliphatic heterocycles. The van der Waals surface area contributed by atoms with Gasteiger partial charge in [-0.3, -0.25) is 4.79 Å². The average Bonchev–Trinajstić information content (AvgIpc) is 2.95. The predicted octanol–water partition coefficient (Wildman–Crippen LogP) is 2.01. The third kappa shape index (κ3) is 2.32. The minimum absolute atomic E-state index is 0.0522. The van der Waals surface area contributed by atoms with Crippen LogP contribution in [0.2, 0.25) is 0 Å². The van der Waals surface area contributed by atoms with Crippen LogP contribution in [0.15, 0.2) is 0 Å². The van der Waals surface area contributed by atoms with Crippen molar-refractivity contribution in [2.24, 2.45) is 11.3 Å². The maximum atomic E-state index is 12.1. The summed E-state index contributed by atoms with van der Waals surface area (Å²) in [6, 6.07) is 0. The van der Waals surface area contributed by atoms with Crippen LogP contribution >= 0.6 is 11.6 Å². The topological polar surface area (TPSA) is 40.5 Å². The van der Waals surface area contributed by atoms with Gasteiger partial charge in [-0.1, -0.05) is 19.8 Å². The van der Waals surface area contributed by atoms with Crippen molar-refractivity contribution in [3.05, 3.63) is 0 Å². The number of aliphatic hydroxyl groups excluding tert-OH is 1. The van der Waals surface area contributed by atoms with E-state index in [1.807, 2.05) is 11.8 Å². The van der Waals surface area contributed by atoms with Crippen LogP contribution in [-0.2, 0) is 4.79 Å². The molecule has 0 aromatic heterocycles. The van der Waals surface area contributed by atoms with Gasteiger partial charge in [-0.25, -0.2) is 0 Å². The summed E-state index contributed by atoms with van der Waals surface area (Å²) in [4.78, 5) is 14.0. The van der Waals surface area contributed by atoms with Crippen LogP contribution in [0.3, 0.4) is 0 Å². The molecule has 0 aromatic rings. The van der Waals surface area contributed by atoms with Crippen LogP contribution in [0.4, 0.5) is 0 Å². The molecule has 2 rings (SSSR count). The fraction of sp³-hybridized carbons (Fsp3) is 0.923. The van der Waals surface area contributed by atoms with E-state index in [0.717, 1.165) is 19.4 Å². The third-order valence-electron chi connectivity index (χ3n) is 4.57. The molecule has 1 heterocycles. The molecule has 3 nitrogen and oxygen atoms in total. The number of nitrogens with zero attached hydrogens (tertiary/aromatic N) is 1. The smallest absolute Gasteiger partial charge is 0.240 e. The number of likely N-dealkylation sites (tertiary alicyclic amines) is 1. The van der Waals surface area contributed by atoms with Gasteiger partial charge in [0.05, 0.1) is 0 Å². The lowest BCUT2D eigenvalue weighted by Gasteiger charge is -2.28. The average molecular weight is 260 g/mol. The number of hydrogen-bond donors (Lipinski definition) is 1. The van der Waals surface area contributed by atoms with E-state index in [9.17, 15) is 9.90 Å². The Kier molecular flexibility index (Phi) is 3.99. The van der Waals surface area contributed by atoms with E-state index < -0.39 is 5.38 Å². The quantitative estimate of drug-likeness (QED) is 0.788. The van der Waals surface area contributed by atoms with E-state index in [0.29, 0.717) is 13.0 Å². The Morgan fingerprint density at radius 1 is 1.53 bits per heavy atom. The SMILES string of the molecule is CC[C@H](Cl)C(=O)N1C[C@H](CO)C2(CCCC2)C1. The number of rotatable bonds is 3. The molecule has 0 bridgehead atoms. The molecule has 1 saturated carbocycles. The summed E-state index contributed by atoms with van der Waals surface area (Å²) in [6.07, 6.45) is 5.45. The zero-order valence-electron chi connectivity index (χ0n) is 10.5. The first kappa shape index (κ1) is 13.2. The fourth-order valence-electron chi connectivity index (χ4n) is 3.47. The molecule has 17 heavy (non-hydrogen) atoms. The predicted molar refractivity (Wildman–Crippen MR) is 68.0 cm³/mol. The molecular formula is C13H22ClNO2. The van der Waals surface area contributed by atoms with Gasteiger partial charge in [0.25, 0.3) is 0 Å². The van der Waals surface area contributed by atoms with Crippen LogP contribution in [0.5, 0.6) is 0 Å². The highest BCUT2D eigenvalue weighted by atomic mass is 35.5. The number of hydrogen-bond acceptors (Lipinski definition) is 2. The van der Waals surface area contributed by atoms with Crippen molar-refractivity contribution < 1.29 is 9.90 Å². The Hall–Kier alpha value is -0.280. The Morgan fingerprint density at radius 2 is 2.18 bits per heavy atom. The first-order valence-corrected chi connectivity index (χ1v) is 7.10. The second kappa shape index (κ2) is 5.15. The van der Waals surface area contributed by atoms with Crippen LogP contribution in [0, 0.1) is 11.3 Å². The van der Waals surface area contributed by atoms with Crippen LogP contribution in [-0.4, -0.2) is 41.0 Å². The first-order valence-electron chi connectivity index (χ1n) is 6.66. The van der Waals surface area contributed by atoms with Crippen LogP contribution in [0.25, 0.3) is 0 Å². The highest BCUT2D eigenvalue weighted by Gasteiger charge is 2.49. The molecule has 4 heteroatoms. The lowest BCUT2D eigenvalue weighted by molar-refractivity contribution is -0.130. The maximum Gasteiger partial charge on any atom is 0.240 e. The van der Waals surface area contributed by atoms with Gasteiger partial charge in [-0.15, -0.1) is 11.6 Å². The minimum atomic E-state index is -0.397. The molecule has 1 N–H and O–H groups in total. The number of halogens is 1. The Balaban J connectivity index is 2.07. The molecule has 2 aliphatic rings. The summed E-state index contributed by atoms with van der Waals surface area (Å²) in [5.74, 6) is 0.311. The molecule has 0 aromatic carbocycles. The van der Waals surface area contributed by atoms with Gasteiger partial charge in [-0.2, -0.15) is 0 Å². The zero-order valence-corrected chi connectivity index (χ0v) is 11.2. The molecule has 1 aliphatic carbocycles. The van der Waals surface area contributed by atoms with Gasteiger partial charge in [0, 0.05) is 25.6 Å². The van der Waals surface area contributed by atoms with Gasteiger partial charge in [0.2, 0.25) is 5.91 Å². The van der Waals surface area contributed by atoms with Gasteiger partial charge in [0.15, 0.2) is 0 Å². The van der Waals surface area contributed by atoms with Gasteiger partial charge in [-0.05, 0) is 24.7 Å². The largest absolute Gasteiger partial charge is 0.396 e. The van der Waals surface area contributed by atoms with Crippen LogP contribution < -0.4 is 0 Å². The van der Waals surface area contributed by atoms with Gasteiger partial charge < -0.3 is 10.0 Å². The van der Waals surface area contributed by atoms with Gasteiger partial charge >= 0.3 is 0 Å². The van der Waals surface area contributed by atoms with Gasteiger partial charge in [0.1, 0.15) is 5.38 Å². The standard InChI is InChI=1S/C13H22ClNO2/c1-2-11(14)12(17)15-7-10(8-16)13(9-15)5-3-4-6-13/h10-11,16H,2-9H2,1H3/t10-,11+/m1/s1. The number of amides is 1. The highest BCUT2D eigenvalue weighted by Crippen LogP contribution is 2.49. The van der Waals surface area contributed by atoms with E-state index in [-0.39, 0.29) is 23.8 Å². The lowest BCUT2D eigenvalue weighted by atomic mass is 9.77. The zero-order chi connectivity index (χ0) is 12.5. The summed E-state index contributed by atoms with van der Waals surface area (Å²) in [6.45, 7) is 3.63. The second-order valence-electron chi connectivity index (χ2n) is 5.54. The summed E-state index contributed by atoms with van der Waals surface area (Å²) < 4.78 is 0. The van der Waals surface area contributed by atoms with Crippen molar-refractivity contribution in [2.45, 2.75) is 44.4 Å². The highest BCUT2D eigenvalue weighted by molar-refractivity contribution is 6.30. The summed E-state index contributed by atoms with van der Waals surface area (Å²) >= 11 is 6.03. The minimum Gasteiger partial charge on any atom is -0.396 e. The van der Waals surface area contributed by atoms with Crippen LogP contribution in [0.1, 0.15) is 39.0 Å². The third-order valence-corrected chi connectivity index (χ3v) is 5.07. The molecular weight excluding hydrogens is 238 g/mol. The normalized spacial score (nSPS) is 28.9. The van der Waals surface area contributed by atoms with Crippen molar-refractivity contribution in [1.82, 2.24) is 4.90 Å². The second-order valence-corrected chi connectivity index (χ2v) is 6.07. The van der Waals surface area contributed by atoms with E-state index in [2.05, 4.69) is 0 Å². The molecule has 1 spiro atoms. The molecule has 1 saturated heterocycles. The molecule has 2 atom stereocenters. The lowest BCUT2D eigenvalue weighted by Crippen LogP contribution is -2.36. The van der Waals surface area contributed by atoms with Crippen molar-refractivity contribution in [1.29, 1.82) is 0 Å². The number of carbonyl (C=O) groups excluding carboxylic acids is 1. The Bertz CT molecular complexity index is 289. The molecule has 0 unspecified atom stereocenters. The monoisotopic (exact) mass is 259 g/mol. The van der Waals surface area contributed by atoms with Crippen molar-refractivity contribution in [2.75, 3.05) is 19.7 Å². The van der Waals surface area contributed by atoms with Crippen molar-refractivity contribution in [3.8, 4) is 0 Å². The fourth-order valence-corrected chi connectivity index (χ4v) is 3.61. The van der Waals surface area contributed by atoms with E-state index in [4.69, 9.17) is 11.6 Å². The Labute approximate surface area is 108 Å². The van der Waals surface area contributed by atoms with E-state index in [1.165, 1.54) is 12.8 Å². The number of alkyl halides is 1. The molecule has 2 fully saturated rings. The Morgan fingerprint density at radius 3 is 2.71 bits per heavy atom. The molecule has 0 radical (unpaired) electrons. The molecule has 98 valence electrons. The van der Waals surface area contributed by atoms with E-state index in [1.54, 1.807) is 0 Å². The summed E-state index contributed by atoms with van der Waals surface area (Å²) in [7, 11) is 0. The number of aliphatic hydroxyl groups is 1. The van der Waals surface area contributed by atoms with Crippen molar-refractivity contribution in [3.63, 3.8) is 0 Å². The van der Waals surface area contributed by atoms with Crippen molar-refractivity contribution >= 4 is 17.5 Å².